The predicted molar refractivity (Wildman–Crippen MR) is 206 cm³/mol. The van der Waals surface area contributed by atoms with Gasteiger partial charge in [-0.3, -0.25) is 0 Å². The molecule has 3 nitrogen and oxygen atoms in total. The minimum absolute atomic E-state index is 0.393. The summed E-state index contributed by atoms with van der Waals surface area (Å²) in [6.07, 6.45) is 2.14. The molecule has 0 fully saturated rings. The zero-order valence-corrected chi connectivity index (χ0v) is 27.5. The highest BCUT2D eigenvalue weighted by molar-refractivity contribution is 7.26. The Morgan fingerprint density at radius 2 is 1.29 bits per heavy atom. The first kappa shape index (κ1) is 27.4. The predicted octanol–water partition coefficient (Wildman–Crippen LogP) is 12.6. The number of para-hydroxylation sites is 1. The summed E-state index contributed by atoms with van der Waals surface area (Å²) < 4.78 is 7.38. The van der Waals surface area contributed by atoms with E-state index in [2.05, 4.69) is 169 Å². The van der Waals surface area contributed by atoms with E-state index in [1.165, 1.54) is 75.1 Å². The second-order valence-electron chi connectivity index (χ2n) is 13.0. The topological polar surface area (TPSA) is 22.8 Å². The van der Waals surface area contributed by atoms with E-state index in [0.717, 1.165) is 16.8 Å². The number of hydrogen-bond donors (Lipinski definition) is 0. The summed E-state index contributed by atoms with van der Waals surface area (Å²) in [7, 11) is 0. The second kappa shape index (κ2) is 10.4. The minimum atomic E-state index is 0.393. The minimum Gasteiger partial charge on any atom is -0.344 e. The van der Waals surface area contributed by atoms with Crippen molar-refractivity contribution in [2.45, 2.75) is 19.9 Å². The Morgan fingerprint density at radius 3 is 2.15 bits per heavy atom. The van der Waals surface area contributed by atoms with Crippen LogP contribution in [0.15, 0.2) is 146 Å². The maximum Gasteiger partial charge on any atom is 0.0888 e. The molecule has 0 aliphatic carbocycles. The molecule has 0 aliphatic rings. The SMILES string of the molecule is CC(C)n1ccc2nc(-c3cccc4c(-c5ccc6c(c5)c5c7sc8ccccc8c7ccc5n6-c5ccccc5)cccc34)ccc21. The van der Waals surface area contributed by atoms with Crippen molar-refractivity contribution in [1.82, 2.24) is 14.1 Å². The van der Waals surface area contributed by atoms with Crippen molar-refractivity contribution in [3.05, 3.63) is 146 Å². The molecule has 0 atom stereocenters. The largest absolute Gasteiger partial charge is 0.344 e. The van der Waals surface area contributed by atoms with Crippen LogP contribution in [0.25, 0.3) is 91.9 Å². The van der Waals surface area contributed by atoms with E-state index >= 15 is 0 Å². The third kappa shape index (κ3) is 3.96. The van der Waals surface area contributed by atoms with Crippen molar-refractivity contribution >= 4 is 75.1 Å². The van der Waals surface area contributed by atoms with Gasteiger partial charge in [-0.05, 0) is 90.3 Å². The van der Waals surface area contributed by atoms with Gasteiger partial charge in [0, 0.05) is 54.4 Å². The third-order valence-corrected chi connectivity index (χ3v) is 11.1. The van der Waals surface area contributed by atoms with E-state index in [1.807, 2.05) is 11.3 Å². The molecule has 6 aromatic carbocycles. The summed E-state index contributed by atoms with van der Waals surface area (Å²) in [6, 6.07) is 51.4. The Balaban J connectivity index is 1.21. The molecule has 0 saturated heterocycles. The van der Waals surface area contributed by atoms with E-state index in [-0.39, 0.29) is 0 Å². The van der Waals surface area contributed by atoms with Gasteiger partial charge < -0.3 is 9.13 Å². The third-order valence-electron chi connectivity index (χ3n) is 9.93. The fraction of sp³-hybridized carbons (Fsp3) is 0.0682. The van der Waals surface area contributed by atoms with Crippen molar-refractivity contribution in [2.75, 3.05) is 0 Å². The number of benzene rings is 6. The number of fused-ring (bicyclic) bond motifs is 9. The van der Waals surface area contributed by atoms with Gasteiger partial charge in [0.1, 0.15) is 0 Å². The molecule has 0 N–H and O–H groups in total. The van der Waals surface area contributed by atoms with Gasteiger partial charge in [0.05, 0.1) is 27.8 Å². The maximum atomic E-state index is 5.13. The fourth-order valence-corrected chi connectivity index (χ4v) is 8.99. The lowest BCUT2D eigenvalue weighted by Crippen LogP contribution is -1.98. The Kier molecular flexibility index (Phi) is 5.94. The standard InChI is InChI=1S/C44H31N3S/c1-27(2)46-25-24-38-40(46)23-20-37(45-38)33-16-9-14-31-30(13-8-15-32(31)33)28-18-21-39-36(26-28)43-41(47(39)29-10-4-3-5-11-29)22-19-35-34-12-6-7-17-42(34)48-44(35)43/h3-27H,1-2H3. The van der Waals surface area contributed by atoms with Crippen LogP contribution in [0, 0.1) is 0 Å². The average Bonchev–Trinajstić information content (AvgIpc) is 3.82. The number of pyridine rings is 1. The molecular formula is C44H31N3S. The van der Waals surface area contributed by atoms with E-state index in [9.17, 15) is 0 Å². The molecule has 4 heteroatoms. The zero-order chi connectivity index (χ0) is 31.9. The molecule has 0 spiro atoms. The van der Waals surface area contributed by atoms with Crippen molar-refractivity contribution in [3.8, 4) is 28.1 Å². The number of nitrogens with zero attached hydrogens (tertiary/aromatic N) is 3. The molecule has 4 heterocycles. The molecule has 0 radical (unpaired) electrons. The summed E-state index contributed by atoms with van der Waals surface area (Å²) in [5, 5.41) is 7.69. The van der Waals surface area contributed by atoms with Crippen molar-refractivity contribution in [1.29, 1.82) is 0 Å². The van der Waals surface area contributed by atoms with Crippen LogP contribution in [-0.2, 0) is 0 Å². The number of aromatic nitrogens is 3. The summed E-state index contributed by atoms with van der Waals surface area (Å²) in [5.41, 5.74) is 10.4. The zero-order valence-electron chi connectivity index (χ0n) is 26.7. The van der Waals surface area contributed by atoms with Gasteiger partial charge in [0.2, 0.25) is 0 Å². The van der Waals surface area contributed by atoms with E-state index in [4.69, 9.17) is 4.98 Å². The van der Waals surface area contributed by atoms with Crippen LogP contribution in [0.3, 0.4) is 0 Å². The Morgan fingerprint density at radius 1 is 0.562 bits per heavy atom. The van der Waals surface area contributed by atoms with E-state index in [1.54, 1.807) is 0 Å². The maximum absolute atomic E-state index is 5.13. The number of thiophene rings is 1. The highest BCUT2D eigenvalue weighted by atomic mass is 32.1. The molecule has 48 heavy (non-hydrogen) atoms. The molecule has 228 valence electrons. The number of hydrogen-bond acceptors (Lipinski definition) is 2. The first-order valence-corrected chi connectivity index (χ1v) is 17.4. The van der Waals surface area contributed by atoms with Crippen LogP contribution in [0.1, 0.15) is 19.9 Å². The van der Waals surface area contributed by atoms with E-state index < -0.39 is 0 Å². The molecule has 4 aromatic heterocycles. The highest BCUT2D eigenvalue weighted by Crippen LogP contribution is 2.45. The van der Waals surface area contributed by atoms with E-state index in [0.29, 0.717) is 6.04 Å². The van der Waals surface area contributed by atoms with Crippen LogP contribution >= 0.6 is 11.3 Å². The first-order valence-electron chi connectivity index (χ1n) is 16.6. The van der Waals surface area contributed by atoms with Crippen LogP contribution in [-0.4, -0.2) is 14.1 Å². The molecular weight excluding hydrogens is 603 g/mol. The van der Waals surface area contributed by atoms with Crippen molar-refractivity contribution < 1.29 is 0 Å². The quantitative estimate of drug-likeness (QED) is 0.189. The number of rotatable bonds is 4. The fourth-order valence-electron chi connectivity index (χ4n) is 7.73. The van der Waals surface area contributed by atoms with Crippen molar-refractivity contribution in [2.24, 2.45) is 0 Å². The molecule has 0 amide bonds. The Bertz CT molecular complexity index is 2870. The van der Waals surface area contributed by atoms with Gasteiger partial charge in [0.15, 0.2) is 0 Å². The average molecular weight is 634 g/mol. The molecule has 0 aliphatic heterocycles. The Hall–Kier alpha value is -5.71. The van der Waals surface area contributed by atoms with Gasteiger partial charge in [-0.2, -0.15) is 0 Å². The van der Waals surface area contributed by atoms with Crippen molar-refractivity contribution in [3.63, 3.8) is 0 Å². The Labute approximate surface area is 281 Å². The lowest BCUT2D eigenvalue weighted by atomic mass is 9.93. The van der Waals surface area contributed by atoms with Crippen LogP contribution in [0.2, 0.25) is 0 Å². The second-order valence-corrected chi connectivity index (χ2v) is 14.0. The highest BCUT2D eigenvalue weighted by Gasteiger charge is 2.19. The molecule has 0 saturated carbocycles. The van der Waals surface area contributed by atoms with Crippen LogP contribution < -0.4 is 0 Å². The summed E-state index contributed by atoms with van der Waals surface area (Å²) in [4.78, 5) is 5.13. The molecule has 10 aromatic rings. The smallest absolute Gasteiger partial charge is 0.0888 e. The summed E-state index contributed by atoms with van der Waals surface area (Å²) in [5.74, 6) is 0. The molecule has 0 unspecified atom stereocenters. The van der Waals surface area contributed by atoms with Gasteiger partial charge in [-0.1, -0.05) is 84.9 Å². The molecule has 0 bridgehead atoms. The van der Waals surface area contributed by atoms with Gasteiger partial charge in [0.25, 0.3) is 0 Å². The van der Waals surface area contributed by atoms with Gasteiger partial charge >= 0.3 is 0 Å². The van der Waals surface area contributed by atoms with Crippen LogP contribution in [0.4, 0.5) is 0 Å². The lowest BCUT2D eigenvalue weighted by Gasteiger charge is -2.13. The summed E-state index contributed by atoms with van der Waals surface area (Å²) >= 11 is 1.90. The van der Waals surface area contributed by atoms with Crippen LogP contribution in [0.5, 0.6) is 0 Å². The first-order chi connectivity index (χ1) is 23.6. The van der Waals surface area contributed by atoms with Gasteiger partial charge in [-0.15, -0.1) is 11.3 Å². The molecule has 10 rings (SSSR count). The normalized spacial score (nSPS) is 12.1. The lowest BCUT2D eigenvalue weighted by molar-refractivity contribution is 0.623. The summed E-state index contributed by atoms with van der Waals surface area (Å²) in [6.45, 7) is 4.42. The van der Waals surface area contributed by atoms with Gasteiger partial charge in [-0.25, -0.2) is 4.98 Å². The monoisotopic (exact) mass is 633 g/mol.